The number of hydrogen-bond acceptors (Lipinski definition) is 5. The number of pyridine rings is 1. The molecule has 0 radical (unpaired) electrons. The molecule has 1 fully saturated rings. The van der Waals surface area contributed by atoms with Crippen LogP contribution < -0.4 is 0 Å². The van der Waals surface area contributed by atoms with Gasteiger partial charge in [-0.3, -0.25) is 19.7 Å². The molecule has 1 amide bonds. The number of nitrogens with zero attached hydrogens (tertiary/aromatic N) is 4. The van der Waals surface area contributed by atoms with Crippen molar-refractivity contribution in [3.8, 4) is 0 Å². The van der Waals surface area contributed by atoms with Crippen molar-refractivity contribution in [2.75, 3.05) is 13.1 Å². The van der Waals surface area contributed by atoms with Crippen LogP contribution in [-0.4, -0.2) is 45.5 Å². The minimum Gasteiger partial charge on any atom is -0.334 e. The largest absolute Gasteiger partial charge is 0.334 e. The minimum absolute atomic E-state index is 0.273. The summed E-state index contributed by atoms with van der Waals surface area (Å²) in [5.74, 6) is 0.273. The molecule has 0 unspecified atom stereocenters. The van der Waals surface area contributed by atoms with Gasteiger partial charge in [0.15, 0.2) is 0 Å². The predicted molar refractivity (Wildman–Crippen MR) is 136 cm³/mol. The molecular weight excluding hydrogens is 440 g/mol. The molecule has 6 heteroatoms. The molecule has 2 aromatic heterocycles. The summed E-state index contributed by atoms with van der Waals surface area (Å²) in [6.07, 6.45) is 4.60. The molecule has 0 aliphatic carbocycles. The van der Waals surface area contributed by atoms with Gasteiger partial charge in [-0.25, -0.2) is 0 Å². The van der Waals surface area contributed by atoms with Crippen LogP contribution in [0.4, 0.5) is 0 Å². The van der Waals surface area contributed by atoms with Crippen molar-refractivity contribution in [1.29, 1.82) is 0 Å². The van der Waals surface area contributed by atoms with Gasteiger partial charge in [0.1, 0.15) is 0 Å². The standard InChI is InChI=1S/C28H30N4OS/c1-18-10-20(7-8-29-18)28-26-12-23-15-32(27(33)13-21(23)11-22(26)14-30-28)24-4-3-9-31(16-24)17-25-6-5-19(2)34-25/h5-8,10-12,24H,3-4,9,13-17H2,1-2H3/t24-/m1/s1. The van der Waals surface area contributed by atoms with E-state index in [1.54, 1.807) is 0 Å². The van der Waals surface area contributed by atoms with E-state index in [1.807, 2.05) is 30.5 Å². The fourth-order valence-electron chi connectivity index (χ4n) is 5.68. The Morgan fingerprint density at radius 1 is 1.09 bits per heavy atom. The highest BCUT2D eigenvalue weighted by Gasteiger charge is 2.33. The van der Waals surface area contributed by atoms with Gasteiger partial charge in [0, 0.05) is 58.4 Å². The molecule has 174 valence electrons. The Hall–Kier alpha value is -2.83. The van der Waals surface area contributed by atoms with E-state index in [0.29, 0.717) is 25.6 Å². The zero-order valence-corrected chi connectivity index (χ0v) is 20.7. The summed E-state index contributed by atoms with van der Waals surface area (Å²) in [6.45, 7) is 8.66. The van der Waals surface area contributed by atoms with Crippen molar-refractivity contribution >= 4 is 23.0 Å². The first kappa shape index (κ1) is 21.7. The van der Waals surface area contributed by atoms with Crippen LogP contribution in [0.3, 0.4) is 0 Å². The highest BCUT2D eigenvalue weighted by molar-refractivity contribution is 7.11. The topological polar surface area (TPSA) is 48.8 Å². The van der Waals surface area contributed by atoms with Gasteiger partial charge in [0.25, 0.3) is 0 Å². The van der Waals surface area contributed by atoms with Crippen molar-refractivity contribution < 1.29 is 4.79 Å². The number of amides is 1. The second kappa shape index (κ2) is 8.75. The first-order valence-electron chi connectivity index (χ1n) is 12.2. The molecule has 0 N–H and O–H groups in total. The van der Waals surface area contributed by atoms with E-state index in [4.69, 9.17) is 4.99 Å². The molecule has 0 spiro atoms. The summed E-state index contributed by atoms with van der Waals surface area (Å²) >= 11 is 1.88. The van der Waals surface area contributed by atoms with Crippen LogP contribution in [0.25, 0.3) is 0 Å². The molecule has 5 heterocycles. The van der Waals surface area contributed by atoms with Crippen LogP contribution in [-0.2, 0) is 30.8 Å². The van der Waals surface area contributed by atoms with Gasteiger partial charge in [-0.1, -0.05) is 6.07 Å². The number of benzene rings is 1. The van der Waals surface area contributed by atoms with Crippen molar-refractivity contribution in [1.82, 2.24) is 14.8 Å². The number of carbonyl (C=O) groups excluding carboxylic acids is 1. The molecule has 0 saturated carbocycles. The maximum atomic E-state index is 13.2. The second-order valence-electron chi connectivity index (χ2n) is 9.87. The van der Waals surface area contributed by atoms with Crippen LogP contribution >= 0.6 is 11.3 Å². The van der Waals surface area contributed by atoms with Crippen LogP contribution in [0.15, 0.2) is 47.6 Å². The number of thiophene rings is 1. The molecule has 34 heavy (non-hydrogen) atoms. The second-order valence-corrected chi connectivity index (χ2v) is 11.2. The highest BCUT2D eigenvalue weighted by Crippen LogP contribution is 2.32. The minimum atomic E-state index is 0.273. The summed E-state index contributed by atoms with van der Waals surface area (Å²) in [5.41, 5.74) is 8.11. The number of aryl methyl sites for hydroxylation is 2. The third-order valence-corrected chi connectivity index (χ3v) is 8.34. The summed E-state index contributed by atoms with van der Waals surface area (Å²) in [4.78, 5) is 29.9. The van der Waals surface area contributed by atoms with Crippen molar-refractivity contribution in [3.63, 3.8) is 0 Å². The number of aliphatic imine (C=N–C) groups is 1. The Morgan fingerprint density at radius 3 is 2.82 bits per heavy atom. The zero-order chi connectivity index (χ0) is 23.2. The fourth-order valence-corrected chi connectivity index (χ4v) is 6.61. The van der Waals surface area contributed by atoms with E-state index >= 15 is 0 Å². The van der Waals surface area contributed by atoms with E-state index in [9.17, 15) is 4.79 Å². The summed E-state index contributed by atoms with van der Waals surface area (Å²) in [5, 5.41) is 0. The number of rotatable bonds is 4. The van der Waals surface area contributed by atoms with Crippen LogP contribution in [0, 0.1) is 13.8 Å². The summed E-state index contributed by atoms with van der Waals surface area (Å²) < 4.78 is 0. The number of carbonyl (C=O) groups is 1. The van der Waals surface area contributed by atoms with Gasteiger partial charge < -0.3 is 4.90 Å². The van der Waals surface area contributed by atoms with Gasteiger partial charge in [-0.2, -0.15) is 0 Å². The molecular formula is C28H30N4OS. The smallest absolute Gasteiger partial charge is 0.227 e. The number of aromatic nitrogens is 1. The Labute approximate surface area is 205 Å². The predicted octanol–water partition coefficient (Wildman–Crippen LogP) is 4.66. The maximum Gasteiger partial charge on any atom is 0.227 e. The van der Waals surface area contributed by atoms with Crippen LogP contribution in [0.1, 0.15) is 56.1 Å². The number of piperidine rings is 1. The molecule has 3 aromatic rings. The Balaban J connectivity index is 1.22. The normalized spacial score (nSPS) is 20.3. The molecule has 5 nitrogen and oxygen atoms in total. The van der Waals surface area contributed by atoms with Crippen molar-refractivity contribution in [2.24, 2.45) is 4.99 Å². The average Bonchev–Trinajstić information content (AvgIpc) is 3.42. The summed E-state index contributed by atoms with van der Waals surface area (Å²) in [7, 11) is 0. The van der Waals surface area contributed by atoms with Gasteiger partial charge in [0.05, 0.1) is 18.7 Å². The summed E-state index contributed by atoms with van der Waals surface area (Å²) in [6, 6.07) is 13.4. The number of fused-ring (bicyclic) bond motifs is 2. The molecule has 0 bridgehead atoms. The van der Waals surface area contributed by atoms with E-state index in [2.05, 4.69) is 52.0 Å². The van der Waals surface area contributed by atoms with E-state index < -0.39 is 0 Å². The lowest BCUT2D eigenvalue weighted by Crippen LogP contribution is -2.51. The molecule has 3 aliphatic rings. The number of likely N-dealkylation sites (tertiary alicyclic amines) is 1. The van der Waals surface area contributed by atoms with E-state index in [0.717, 1.165) is 49.4 Å². The molecule has 3 aliphatic heterocycles. The van der Waals surface area contributed by atoms with E-state index in [1.165, 1.54) is 32.0 Å². The molecule has 6 rings (SSSR count). The van der Waals surface area contributed by atoms with Gasteiger partial charge in [-0.05, 0) is 80.3 Å². The van der Waals surface area contributed by atoms with Crippen LogP contribution in [0.5, 0.6) is 0 Å². The average molecular weight is 471 g/mol. The SMILES string of the molecule is Cc1cc(C2=NCc3cc4c(cc32)CN([C@@H]2CCCN(Cc3ccc(C)s3)C2)C(=O)C4)ccn1. The van der Waals surface area contributed by atoms with E-state index in [-0.39, 0.29) is 5.91 Å². The fraction of sp³-hybridized carbons (Fsp3) is 0.393. The third-order valence-electron chi connectivity index (χ3n) is 7.36. The Kier molecular flexibility index (Phi) is 5.58. The Morgan fingerprint density at radius 2 is 2.00 bits per heavy atom. The first-order valence-corrected chi connectivity index (χ1v) is 13.0. The number of hydrogen-bond donors (Lipinski definition) is 0. The molecule has 1 aromatic carbocycles. The first-order chi connectivity index (χ1) is 16.5. The van der Waals surface area contributed by atoms with Gasteiger partial charge in [-0.15, -0.1) is 11.3 Å². The van der Waals surface area contributed by atoms with Gasteiger partial charge >= 0.3 is 0 Å². The quantitative estimate of drug-likeness (QED) is 0.557. The molecule has 1 saturated heterocycles. The monoisotopic (exact) mass is 470 g/mol. The van der Waals surface area contributed by atoms with Crippen molar-refractivity contribution in [2.45, 2.75) is 58.8 Å². The zero-order valence-electron chi connectivity index (χ0n) is 19.9. The van der Waals surface area contributed by atoms with Crippen molar-refractivity contribution in [3.05, 3.63) is 85.9 Å². The maximum absolute atomic E-state index is 13.2. The lowest BCUT2D eigenvalue weighted by molar-refractivity contribution is -0.135. The highest BCUT2D eigenvalue weighted by atomic mass is 32.1. The Bertz CT molecular complexity index is 1290. The van der Waals surface area contributed by atoms with Crippen LogP contribution in [0.2, 0.25) is 0 Å². The lowest BCUT2D eigenvalue weighted by atomic mass is 9.90. The molecule has 1 atom stereocenters. The van der Waals surface area contributed by atoms with Gasteiger partial charge in [0.2, 0.25) is 5.91 Å². The third kappa shape index (κ3) is 4.10. The lowest BCUT2D eigenvalue weighted by Gasteiger charge is -2.41.